The number of benzene rings is 2. The Morgan fingerprint density at radius 3 is 2.82 bits per heavy atom. The molecule has 0 saturated heterocycles. The van der Waals surface area contributed by atoms with E-state index in [1.54, 1.807) is 22.7 Å². The summed E-state index contributed by atoms with van der Waals surface area (Å²) in [6, 6.07) is 16.2. The molecule has 1 atom stereocenters. The molecule has 0 aliphatic rings. The number of amides is 1. The fourth-order valence-corrected chi connectivity index (χ4v) is 3.03. The van der Waals surface area contributed by atoms with E-state index in [1.165, 1.54) is 0 Å². The van der Waals surface area contributed by atoms with Crippen LogP contribution in [0.3, 0.4) is 0 Å². The Hall–Kier alpha value is -3.99. The summed E-state index contributed by atoms with van der Waals surface area (Å²) in [6.07, 6.45) is 0.511. The number of rotatable bonds is 5. The monoisotopic (exact) mass is 371 g/mol. The Kier molecular flexibility index (Phi) is 4.33. The van der Waals surface area contributed by atoms with E-state index in [-0.39, 0.29) is 0 Å². The van der Waals surface area contributed by atoms with Gasteiger partial charge in [0.25, 0.3) is 0 Å². The highest BCUT2D eigenvalue weighted by atomic mass is 16.1. The number of aromatic nitrogens is 4. The summed E-state index contributed by atoms with van der Waals surface area (Å²) in [5.41, 5.74) is 8.05. The van der Waals surface area contributed by atoms with Crippen molar-refractivity contribution in [1.29, 1.82) is 5.26 Å². The number of carbonyl (C=O) groups excluding carboxylic acids is 1. The van der Waals surface area contributed by atoms with Crippen molar-refractivity contribution < 1.29 is 4.79 Å². The van der Waals surface area contributed by atoms with Crippen LogP contribution in [0.4, 0.5) is 5.95 Å². The van der Waals surface area contributed by atoms with Crippen LogP contribution in [0, 0.1) is 11.3 Å². The molecule has 8 heteroatoms. The van der Waals surface area contributed by atoms with Crippen LogP contribution in [0.25, 0.3) is 27.9 Å². The van der Waals surface area contributed by atoms with Gasteiger partial charge in [-0.15, -0.1) is 5.10 Å². The molecule has 0 aliphatic carbocycles. The molecule has 3 N–H and O–H groups in total. The molecule has 0 spiro atoms. The average Bonchev–Trinajstić information content (AvgIpc) is 3.17. The summed E-state index contributed by atoms with van der Waals surface area (Å²) in [7, 11) is 0. The average molecular weight is 371 g/mol. The number of anilines is 1. The van der Waals surface area contributed by atoms with Crippen molar-refractivity contribution in [1.82, 2.24) is 19.6 Å². The number of hydrogen-bond acceptors (Lipinski definition) is 6. The summed E-state index contributed by atoms with van der Waals surface area (Å²) >= 11 is 0. The molecule has 2 aromatic heterocycles. The van der Waals surface area contributed by atoms with Gasteiger partial charge in [-0.2, -0.15) is 9.78 Å². The molecule has 0 aliphatic heterocycles. The first-order valence-electron chi connectivity index (χ1n) is 8.82. The van der Waals surface area contributed by atoms with Gasteiger partial charge in [0.15, 0.2) is 11.5 Å². The third kappa shape index (κ3) is 2.99. The number of nitrogens with two attached hydrogens (primary N) is 1. The molecule has 4 rings (SSSR count). The number of fused-ring (bicyclic) bond motifs is 3. The Labute approximate surface area is 160 Å². The Morgan fingerprint density at radius 1 is 1.25 bits per heavy atom. The van der Waals surface area contributed by atoms with Crippen LogP contribution in [0.5, 0.6) is 0 Å². The second-order valence-corrected chi connectivity index (χ2v) is 6.32. The maximum Gasteiger partial charge on any atom is 0.239 e. The van der Waals surface area contributed by atoms with E-state index in [0.717, 1.165) is 16.5 Å². The molecule has 2 heterocycles. The standard InChI is InChI=1S/C20H17N7O/c1-2-15(17(22)28)23-20-24-16-9-4-3-8-14(16)19-25-18(26-27(19)20)13-7-5-6-12(10-13)11-21/h3-10,15H,2H2,1H3,(H2,22,28)(H,23,24). The van der Waals surface area contributed by atoms with Crippen molar-refractivity contribution >= 4 is 28.4 Å². The highest BCUT2D eigenvalue weighted by molar-refractivity contribution is 5.93. The molecule has 1 unspecified atom stereocenters. The number of hydrogen-bond donors (Lipinski definition) is 2. The van der Waals surface area contributed by atoms with Crippen LogP contribution in [0.2, 0.25) is 0 Å². The van der Waals surface area contributed by atoms with Gasteiger partial charge in [-0.1, -0.05) is 31.2 Å². The summed E-state index contributed by atoms with van der Waals surface area (Å²) in [5, 5.41) is 17.6. The van der Waals surface area contributed by atoms with Crippen LogP contribution in [0.15, 0.2) is 48.5 Å². The lowest BCUT2D eigenvalue weighted by molar-refractivity contribution is -0.118. The maximum atomic E-state index is 11.7. The number of carbonyl (C=O) groups is 1. The van der Waals surface area contributed by atoms with Crippen LogP contribution < -0.4 is 11.1 Å². The van der Waals surface area contributed by atoms with Gasteiger partial charge in [0.1, 0.15) is 6.04 Å². The first-order valence-corrected chi connectivity index (χ1v) is 8.82. The molecule has 0 saturated carbocycles. The van der Waals surface area contributed by atoms with Gasteiger partial charge in [0.05, 0.1) is 17.1 Å². The minimum Gasteiger partial charge on any atom is -0.368 e. The topological polar surface area (TPSA) is 122 Å². The van der Waals surface area contributed by atoms with Crippen LogP contribution in [-0.4, -0.2) is 31.5 Å². The molecular weight excluding hydrogens is 354 g/mol. The molecule has 28 heavy (non-hydrogen) atoms. The van der Waals surface area contributed by atoms with Crippen molar-refractivity contribution in [3.05, 3.63) is 54.1 Å². The van der Waals surface area contributed by atoms with E-state index in [9.17, 15) is 4.79 Å². The molecule has 0 fully saturated rings. The van der Waals surface area contributed by atoms with Crippen molar-refractivity contribution in [3.63, 3.8) is 0 Å². The van der Waals surface area contributed by atoms with Gasteiger partial charge in [0.2, 0.25) is 11.9 Å². The van der Waals surface area contributed by atoms with E-state index in [1.807, 2.05) is 37.3 Å². The van der Waals surface area contributed by atoms with Gasteiger partial charge >= 0.3 is 0 Å². The number of nitrogens with zero attached hydrogens (tertiary/aromatic N) is 5. The van der Waals surface area contributed by atoms with E-state index < -0.39 is 11.9 Å². The molecule has 0 bridgehead atoms. The molecule has 8 nitrogen and oxygen atoms in total. The molecule has 0 radical (unpaired) electrons. The maximum absolute atomic E-state index is 11.7. The number of primary amides is 1. The second kappa shape index (κ2) is 6.96. The second-order valence-electron chi connectivity index (χ2n) is 6.32. The largest absolute Gasteiger partial charge is 0.368 e. The normalized spacial score (nSPS) is 12.0. The Bertz CT molecular complexity index is 1240. The quantitative estimate of drug-likeness (QED) is 0.556. The summed E-state index contributed by atoms with van der Waals surface area (Å²) in [4.78, 5) is 21.0. The Balaban J connectivity index is 1.94. The lowest BCUT2D eigenvalue weighted by Gasteiger charge is -2.15. The lowest BCUT2D eigenvalue weighted by atomic mass is 10.1. The number of nitriles is 1. The van der Waals surface area contributed by atoms with Crippen LogP contribution in [-0.2, 0) is 4.79 Å². The van der Waals surface area contributed by atoms with Gasteiger partial charge in [-0.25, -0.2) is 9.97 Å². The zero-order chi connectivity index (χ0) is 19.7. The molecule has 138 valence electrons. The summed E-state index contributed by atoms with van der Waals surface area (Å²) < 4.78 is 1.57. The van der Waals surface area contributed by atoms with Crippen molar-refractivity contribution in [2.75, 3.05) is 5.32 Å². The van der Waals surface area contributed by atoms with Gasteiger partial charge in [-0.05, 0) is 30.7 Å². The lowest BCUT2D eigenvalue weighted by Crippen LogP contribution is -2.35. The smallest absolute Gasteiger partial charge is 0.239 e. The highest BCUT2D eigenvalue weighted by Gasteiger charge is 2.19. The summed E-state index contributed by atoms with van der Waals surface area (Å²) in [5.74, 6) is 0.382. The fourth-order valence-electron chi connectivity index (χ4n) is 3.03. The highest BCUT2D eigenvalue weighted by Crippen LogP contribution is 2.25. The first kappa shape index (κ1) is 17.4. The minimum atomic E-state index is -0.577. The van der Waals surface area contributed by atoms with E-state index in [0.29, 0.717) is 29.4 Å². The molecule has 2 aromatic carbocycles. The zero-order valence-electron chi connectivity index (χ0n) is 15.1. The Morgan fingerprint density at radius 2 is 2.07 bits per heavy atom. The van der Waals surface area contributed by atoms with Crippen LogP contribution in [0.1, 0.15) is 18.9 Å². The van der Waals surface area contributed by atoms with Gasteiger partial charge in [-0.3, -0.25) is 4.79 Å². The van der Waals surface area contributed by atoms with Crippen molar-refractivity contribution in [2.24, 2.45) is 5.73 Å². The molecule has 1 amide bonds. The van der Waals surface area contributed by atoms with E-state index >= 15 is 0 Å². The summed E-state index contributed by atoms with van der Waals surface area (Å²) in [6.45, 7) is 1.86. The third-order valence-corrected chi connectivity index (χ3v) is 4.48. The van der Waals surface area contributed by atoms with Gasteiger partial charge in [0, 0.05) is 10.9 Å². The van der Waals surface area contributed by atoms with Crippen molar-refractivity contribution in [2.45, 2.75) is 19.4 Å². The number of para-hydroxylation sites is 1. The van der Waals surface area contributed by atoms with Crippen LogP contribution >= 0.6 is 0 Å². The number of nitrogens with one attached hydrogen (secondary N) is 1. The minimum absolute atomic E-state index is 0.384. The predicted octanol–water partition coefficient (Wildman–Crippen LogP) is 2.49. The third-order valence-electron chi connectivity index (χ3n) is 4.48. The van der Waals surface area contributed by atoms with Gasteiger partial charge < -0.3 is 11.1 Å². The predicted molar refractivity (Wildman–Crippen MR) is 105 cm³/mol. The molecule has 4 aromatic rings. The fraction of sp³-hybridized carbons (Fsp3) is 0.150. The molecular formula is C20H17N7O. The van der Waals surface area contributed by atoms with E-state index in [2.05, 4.69) is 26.5 Å². The first-order chi connectivity index (χ1) is 13.6. The van der Waals surface area contributed by atoms with E-state index in [4.69, 9.17) is 11.0 Å². The SMILES string of the molecule is CCC(Nc1nc2ccccc2c2nc(-c3cccc(C#N)c3)nn12)C(N)=O. The van der Waals surface area contributed by atoms with Crippen molar-refractivity contribution in [3.8, 4) is 17.5 Å². The zero-order valence-corrected chi connectivity index (χ0v) is 15.1.